The third-order valence-electron chi connectivity index (χ3n) is 3.07. The zero-order chi connectivity index (χ0) is 12.8. The van der Waals surface area contributed by atoms with E-state index in [-0.39, 0.29) is 5.75 Å². The first-order valence-corrected chi connectivity index (χ1v) is 6.23. The third kappa shape index (κ3) is 4.14. The summed E-state index contributed by atoms with van der Waals surface area (Å²) in [6, 6.07) is 6.61. The van der Waals surface area contributed by atoms with Crippen LogP contribution in [0, 0.1) is 5.92 Å². The third-order valence-corrected chi connectivity index (χ3v) is 3.07. The molecule has 2 rings (SSSR count). The number of benzene rings is 1. The van der Waals surface area contributed by atoms with Crippen LogP contribution in [0.2, 0.25) is 0 Å². The summed E-state index contributed by atoms with van der Waals surface area (Å²) in [5, 5.41) is 6.67. The molecular formula is C13H18F2N2O. The van der Waals surface area contributed by atoms with Crippen molar-refractivity contribution in [1.29, 1.82) is 0 Å². The van der Waals surface area contributed by atoms with Crippen LogP contribution < -0.4 is 15.4 Å². The lowest BCUT2D eigenvalue weighted by atomic mass is 10.00. The first kappa shape index (κ1) is 13.1. The van der Waals surface area contributed by atoms with E-state index in [9.17, 15) is 8.78 Å². The maximum absolute atomic E-state index is 12.0. The Kier molecular flexibility index (Phi) is 4.75. The average molecular weight is 256 g/mol. The second-order valence-electron chi connectivity index (χ2n) is 4.50. The summed E-state index contributed by atoms with van der Waals surface area (Å²) < 4.78 is 28.2. The Morgan fingerprint density at radius 2 is 2.11 bits per heavy atom. The van der Waals surface area contributed by atoms with E-state index in [4.69, 9.17) is 0 Å². The summed E-state index contributed by atoms with van der Waals surface area (Å²) in [4.78, 5) is 0. The molecule has 1 atom stereocenters. The molecule has 1 aliphatic heterocycles. The molecule has 0 bridgehead atoms. The van der Waals surface area contributed by atoms with Crippen LogP contribution in [0.15, 0.2) is 24.3 Å². The summed E-state index contributed by atoms with van der Waals surface area (Å²) in [7, 11) is 0. The van der Waals surface area contributed by atoms with Gasteiger partial charge in [0.05, 0.1) is 0 Å². The van der Waals surface area contributed by atoms with Crippen LogP contribution >= 0.6 is 0 Å². The standard InChI is InChI=1S/C13H18F2N2O/c14-13(15)18-12-5-3-11(4-6-12)17-9-10-2-1-7-16-8-10/h3-6,10,13,16-17H,1-2,7-9H2. The summed E-state index contributed by atoms with van der Waals surface area (Å²) in [5.41, 5.74) is 0.933. The maximum atomic E-state index is 12.0. The molecule has 18 heavy (non-hydrogen) atoms. The molecule has 1 fully saturated rings. The molecule has 1 heterocycles. The van der Waals surface area contributed by atoms with Crippen LogP contribution in [0.25, 0.3) is 0 Å². The van der Waals surface area contributed by atoms with E-state index in [1.807, 2.05) is 0 Å². The Morgan fingerprint density at radius 1 is 1.33 bits per heavy atom. The van der Waals surface area contributed by atoms with Crippen molar-refractivity contribution in [1.82, 2.24) is 5.32 Å². The quantitative estimate of drug-likeness (QED) is 0.849. The Hall–Kier alpha value is -1.36. The van der Waals surface area contributed by atoms with Gasteiger partial charge in [0.15, 0.2) is 0 Å². The van der Waals surface area contributed by atoms with Gasteiger partial charge in [0.1, 0.15) is 5.75 Å². The molecular weight excluding hydrogens is 238 g/mol. The van der Waals surface area contributed by atoms with Crippen molar-refractivity contribution in [3.63, 3.8) is 0 Å². The molecule has 1 aromatic carbocycles. The van der Waals surface area contributed by atoms with E-state index in [0.717, 1.165) is 25.3 Å². The lowest BCUT2D eigenvalue weighted by Gasteiger charge is -2.23. The molecule has 0 amide bonds. The van der Waals surface area contributed by atoms with Gasteiger partial charge in [-0.2, -0.15) is 8.78 Å². The second-order valence-corrected chi connectivity index (χ2v) is 4.50. The molecule has 0 spiro atoms. The van der Waals surface area contributed by atoms with Crippen molar-refractivity contribution in [2.24, 2.45) is 5.92 Å². The molecule has 1 aliphatic rings. The van der Waals surface area contributed by atoms with Crippen molar-refractivity contribution in [2.45, 2.75) is 19.5 Å². The minimum absolute atomic E-state index is 0.190. The highest BCUT2D eigenvalue weighted by molar-refractivity contribution is 5.46. The van der Waals surface area contributed by atoms with Crippen molar-refractivity contribution in [3.8, 4) is 5.75 Å². The highest BCUT2D eigenvalue weighted by Crippen LogP contribution is 2.18. The molecule has 3 nitrogen and oxygen atoms in total. The number of anilines is 1. The number of nitrogens with one attached hydrogen (secondary N) is 2. The summed E-state index contributed by atoms with van der Waals surface area (Å²) >= 11 is 0. The molecule has 100 valence electrons. The number of hydrogen-bond donors (Lipinski definition) is 2. The van der Waals surface area contributed by atoms with Crippen LogP contribution in [0.4, 0.5) is 14.5 Å². The van der Waals surface area contributed by atoms with E-state index in [0.29, 0.717) is 5.92 Å². The molecule has 0 aliphatic carbocycles. The fraction of sp³-hybridized carbons (Fsp3) is 0.538. The maximum Gasteiger partial charge on any atom is 0.387 e. The van der Waals surface area contributed by atoms with Gasteiger partial charge in [-0.1, -0.05) is 0 Å². The van der Waals surface area contributed by atoms with Gasteiger partial charge in [0, 0.05) is 12.2 Å². The normalized spacial score (nSPS) is 19.8. The number of ether oxygens (including phenoxy) is 1. The predicted octanol–water partition coefficient (Wildman–Crippen LogP) is 2.70. The molecule has 5 heteroatoms. The summed E-state index contributed by atoms with van der Waals surface area (Å²) in [6.45, 7) is 0.287. The molecule has 0 saturated carbocycles. The number of halogens is 2. The van der Waals surface area contributed by atoms with E-state index in [2.05, 4.69) is 15.4 Å². The second kappa shape index (κ2) is 6.54. The zero-order valence-corrected chi connectivity index (χ0v) is 10.2. The Bertz CT molecular complexity index is 351. The average Bonchev–Trinajstić information content (AvgIpc) is 2.38. The van der Waals surface area contributed by atoms with Gasteiger partial charge in [-0.3, -0.25) is 0 Å². The van der Waals surface area contributed by atoms with Gasteiger partial charge in [0.2, 0.25) is 0 Å². The largest absolute Gasteiger partial charge is 0.435 e. The van der Waals surface area contributed by atoms with Crippen molar-refractivity contribution >= 4 is 5.69 Å². The molecule has 0 aromatic heterocycles. The van der Waals surface area contributed by atoms with E-state index in [1.54, 1.807) is 24.3 Å². The van der Waals surface area contributed by atoms with Crippen LogP contribution in [0.1, 0.15) is 12.8 Å². The smallest absolute Gasteiger partial charge is 0.387 e. The van der Waals surface area contributed by atoms with Crippen molar-refractivity contribution in [2.75, 3.05) is 25.0 Å². The number of piperidine rings is 1. The SMILES string of the molecule is FC(F)Oc1ccc(NCC2CCCNC2)cc1. The van der Waals surface area contributed by atoms with E-state index >= 15 is 0 Å². The van der Waals surface area contributed by atoms with Gasteiger partial charge < -0.3 is 15.4 Å². The number of alkyl halides is 2. The van der Waals surface area contributed by atoms with E-state index < -0.39 is 6.61 Å². The topological polar surface area (TPSA) is 33.3 Å². The van der Waals surface area contributed by atoms with Crippen LogP contribution in [0.3, 0.4) is 0 Å². The molecule has 0 radical (unpaired) electrons. The Morgan fingerprint density at radius 3 is 2.72 bits per heavy atom. The fourth-order valence-corrected chi connectivity index (χ4v) is 2.11. The lowest BCUT2D eigenvalue weighted by molar-refractivity contribution is -0.0498. The zero-order valence-electron chi connectivity index (χ0n) is 10.2. The minimum Gasteiger partial charge on any atom is -0.435 e. The van der Waals surface area contributed by atoms with Gasteiger partial charge in [-0.25, -0.2) is 0 Å². The first-order valence-electron chi connectivity index (χ1n) is 6.23. The Balaban J connectivity index is 1.78. The minimum atomic E-state index is -2.77. The molecule has 1 aromatic rings. The highest BCUT2D eigenvalue weighted by Gasteiger charge is 2.12. The number of rotatable bonds is 5. The fourth-order valence-electron chi connectivity index (χ4n) is 2.11. The van der Waals surface area contributed by atoms with Gasteiger partial charge >= 0.3 is 6.61 Å². The van der Waals surface area contributed by atoms with Gasteiger partial charge in [0.25, 0.3) is 0 Å². The monoisotopic (exact) mass is 256 g/mol. The van der Waals surface area contributed by atoms with Crippen LogP contribution in [0.5, 0.6) is 5.75 Å². The van der Waals surface area contributed by atoms with Crippen molar-refractivity contribution in [3.05, 3.63) is 24.3 Å². The van der Waals surface area contributed by atoms with Gasteiger partial charge in [-0.05, 0) is 56.1 Å². The highest BCUT2D eigenvalue weighted by atomic mass is 19.3. The predicted molar refractivity (Wildman–Crippen MR) is 67.2 cm³/mol. The molecule has 1 unspecified atom stereocenters. The first-order chi connectivity index (χ1) is 8.74. The summed E-state index contributed by atoms with van der Waals surface area (Å²) in [5.74, 6) is 0.825. The number of hydrogen-bond acceptors (Lipinski definition) is 3. The van der Waals surface area contributed by atoms with Crippen LogP contribution in [-0.2, 0) is 0 Å². The van der Waals surface area contributed by atoms with E-state index in [1.165, 1.54) is 12.8 Å². The van der Waals surface area contributed by atoms with Gasteiger partial charge in [-0.15, -0.1) is 0 Å². The molecule has 1 saturated heterocycles. The van der Waals surface area contributed by atoms with Crippen LogP contribution in [-0.4, -0.2) is 26.2 Å². The van der Waals surface area contributed by atoms with Crippen molar-refractivity contribution < 1.29 is 13.5 Å². The summed E-state index contributed by atoms with van der Waals surface area (Å²) in [6.07, 6.45) is 2.44. The lowest BCUT2D eigenvalue weighted by Crippen LogP contribution is -2.33. The Labute approximate surface area is 106 Å². The molecule has 2 N–H and O–H groups in total.